The largest absolute Gasteiger partial charge is 0.466 e. The van der Waals surface area contributed by atoms with Gasteiger partial charge in [-0.15, -0.1) is 0 Å². The highest BCUT2D eigenvalue weighted by molar-refractivity contribution is 5.91. The number of carbonyl (C=O) groups is 2. The lowest BCUT2D eigenvalue weighted by atomic mass is 9.89. The first kappa shape index (κ1) is 20.1. The summed E-state index contributed by atoms with van der Waals surface area (Å²) in [5, 5.41) is 0. The number of fused-ring (bicyclic) bond motifs is 1. The summed E-state index contributed by atoms with van der Waals surface area (Å²) in [6, 6.07) is 11.5. The van der Waals surface area contributed by atoms with Gasteiger partial charge in [0.05, 0.1) is 18.6 Å². The van der Waals surface area contributed by atoms with Gasteiger partial charge in [-0.2, -0.15) is 0 Å². The Balaban J connectivity index is 1.84. The van der Waals surface area contributed by atoms with E-state index in [9.17, 15) is 9.59 Å². The van der Waals surface area contributed by atoms with Gasteiger partial charge in [-0.1, -0.05) is 31.5 Å². The van der Waals surface area contributed by atoms with E-state index in [1.54, 1.807) is 19.1 Å². The fourth-order valence-corrected chi connectivity index (χ4v) is 3.67. The molecule has 0 atom stereocenters. The first-order valence-electron chi connectivity index (χ1n) is 10.2. The van der Waals surface area contributed by atoms with Crippen molar-refractivity contribution in [3.63, 3.8) is 0 Å². The molecule has 0 saturated heterocycles. The van der Waals surface area contributed by atoms with Gasteiger partial charge in [-0.25, -0.2) is 4.79 Å². The summed E-state index contributed by atoms with van der Waals surface area (Å²) in [5.74, 6) is -0.236. The molecule has 148 valence electrons. The summed E-state index contributed by atoms with van der Waals surface area (Å²) in [7, 11) is 0. The maximum Gasteiger partial charge on any atom is 0.343 e. The van der Waals surface area contributed by atoms with Crippen LogP contribution in [0, 0.1) is 0 Å². The van der Waals surface area contributed by atoms with Crippen LogP contribution in [0.1, 0.15) is 65.7 Å². The number of carbonyl (C=O) groups excluding carboxylic acids is 2. The lowest BCUT2D eigenvalue weighted by molar-refractivity contribution is -0.142. The molecule has 0 heterocycles. The Labute approximate surface area is 166 Å². The van der Waals surface area contributed by atoms with E-state index in [1.807, 2.05) is 24.3 Å². The highest BCUT2D eigenvalue weighted by atomic mass is 16.5. The zero-order valence-corrected chi connectivity index (χ0v) is 16.8. The highest BCUT2D eigenvalue weighted by Gasteiger charge is 2.19. The van der Waals surface area contributed by atoms with Crippen molar-refractivity contribution >= 4 is 11.9 Å². The van der Waals surface area contributed by atoms with Crippen LogP contribution < -0.4 is 4.74 Å². The fraction of sp³-hybridized carbons (Fsp3) is 0.417. The van der Waals surface area contributed by atoms with Crippen molar-refractivity contribution in [3.8, 4) is 5.75 Å². The van der Waals surface area contributed by atoms with Crippen molar-refractivity contribution in [1.82, 2.24) is 0 Å². The first-order valence-corrected chi connectivity index (χ1v) is 10.2. The van der Waals surface area contributed by atoms with Crippen LogP contribution in [0.2, 0.25) is 0 Å². The van der Waals surface area contributed by atoms with Crippen LogP contribution in [-0.4, -0.2) is 18.5 Å². The third kappa shape index (κ3) is 5.00. The van der Waals surface area contributed by atoms with Gasteiger partial charge in [-0.3, -0.25) is 4.79 Å². The van der Waals surface area contributed by atoms with Gasteiger partial charge in [0, 0.05) is 5.56 Å². The van der Waals surface area contributed by atoms with Crippen molar-refractivity contribution in [1.29, 1.82) is 0 Å². The van der Waals surface area contributed by atoms with E-state index >= 15 is 0 Å². The number of hydrogen-bond donors (Lipinski definition) is 0. The van der Waals surface area contributed by atoms with Crippen molar-refractivity contribution in [2.24, 2.45) is 0 Å². The summed E-state index contributed by atoms with van der Waals surface area (Å²) in [5.41, 5.74) is 4.89. The molecule has 0 amide bonds. The van der Waals surface area contributed by atoms with Gasteiger partial charge >= 0.3 is 11.9 Å². The van der Waals surface area contributed by atoms with Crippen LogP contribution in [-0.2, 0) is 35.2 Å². The Bertz CT molecular complexity index is 836. The number of ether oxygens (including phenoxy) is 2. The number of hydrogen-bond acceptors (Lipinski definition) is 4. The molecule has 3 rings (SSSR count). The molecular weight excluding hydrogens is 352 g/mol. The first-order chi connectivity index (χ1) is 13.6. The van der Waals surface area contributed by atoms with Crippen molar-refractivity contribution in [3.05, 3.63) is 64.2 Å². The molecule has 0 bridgehead atoms. The standard InChI is InChI=1S/C24H28O4/c1-3-7-17-10-12-18(13-11-17)24(26)28-22-15-20-9-6-5-8-19(20)14-21(22)16-23(25)27-4-2/h10-15H,3-9,16H2,1-2H3. The van der Waals surface area contributed by atoms with Gasteiger partial charge < -0.3 is 9.47 Å². The minimum atomic E-state index is -0.399. The average Bonchev–Trinajstić information content (AvgIpc) is 2.69. The molecule has 0 fully saturated rings. The van der Waals surface area contributed by atoms with E-state index in [0.717, 1.165) is 44.1 Å². The fourth-order valence-electron chi connectivity index (χ4n) is 3.67. The molecule has 2 aromatic rings. The minimum absolute atomic E-state index is 0.110. The van der Waals surface area contributed by atoms with E-state index < -0.39 is 5.97 Å². The van der Waals surface area contributed by atoms with Gasteiger partial charge in [0.2, 0.25) is 0 Å². The van der Waals surface area contributed by atoms with Crippen molar-refractivity contribution in [2.75, 3.05) is 6.61 Å². The average molecular weight is 380 g/mol. The van der Waals surface area contributed by atoms with Crippen LogP contribution >= 0.6 is 0 Å². The second kappa shape index (κ2) is 9.54. The Morgan fingerprint density at radius 1 is 0.964 bits per heavy atom. The van der Waals surface area contributed by atoms with E-state index in [4.69, 9.17) is 9.47 Å². The number of esters is 2. The zero-order chi connectivity index (χ0) is 19.9. The molecule has 4 heteroatoms. The molecule has 1 aliphatic carbocycles. The lowest BCUT2D eigenvalue weighted by Crippen LogP contribution is -2.15. The molecule has 0 N–H and O–H groups in total. The maximum atomic E-state index is 12.7. The van der Waals surface area contributed by atoms with Crippen LogP contribution in [0.5, 0.6) is 5.75 Å². The Hall–Kier alpha value is -2.62. The Morgan fingerprint density at radius 2 is 1.64 bits per heavy atom. The summed E-state index contributed by atoms with van der Waals surface area (Å²) in [6.45, 7) is 4.25. The van der Waals surface area contributed by atoms with E-state index in [0.29, 0.717) is 17.9 Å². The lowest BCUT2D eigenvalue weighted by Gasteiger charge is -2.19. The molecule has 0 aromatic heterocycles. The molecule has 0 saturated carbocycles. The molecule has 4 nitrogen and oxygen atoms in total. The molecular formula is C24H28O4. The van der Waals surface area contributed by atoms with Gasteiger partial charge in [0.15, 0.2) is 0 Å². The monoisotopic (exact) mass is 380 g/mol. The van der Waals surface area contributed by atoms with Gasteiger partial charge in [-0.05, 0) is 73.9 Å². The Kier molecular flexibility index (Phi) is 6.85. The second-order valence-corrected chi connectivity index (χ2v) is 7.25. The predicted octanol–water partition coefficient (Wildman–Crippen LogP) is 4.84. The zero-order valence-electron chi connectivity index (χ0n) is 16.8. The molecule has 28 heavy (non-hydrogen) atoms. The van der Waals surface area contributed by atoms with E-state index in [-0.39, 0.29) is 12.4 Å². The van der Waals surface area contributed by atoms with Gasteiger partial charge in [0.1, 0.15) is 5.75 Å². The normalized spacial score (nSPS) is 12.9. The van der Waals surface area contributed by atoms with Crippen LogP contribution in [0.4, 0.5) is 0 Å². The molecule has 2 aromatic carbocycles. The number of aryl methyl sites for hydroxylation is 3. The predicted molar refractivity (Wildman–Crippen MR) is 109 cm³/mol. The van der Waals surface area contributed by atoms with E-state index in [1.165, 1.54) is 16.7 Å². The SMILES string of the molecule is CCCc1ccc(C(=O)Oc2cc3c(cc2CC(=O)OCC)CCCC3)cc1. The summed E-state index contributed by atoms with van der Waals surface area (Å²) in [6.07, 6.45) is 6.42. The molecule has 0 spiro atoms. The second-order valence-electron chi connectivity index (χ2n) is 7.25. The van der Waals surface area contributed by atoms with Crippen LogP contribution in [0.25, 0.3) is 0 Å². The quantitative estimate of drug-likeness (QED) is 0.509. The highest BCUT2D eigenvalue weighted by Crippen LogP contribution is 2.30. The molecule has 1 aliphatic rings. The minimum Gasteiger partial charge on any atom is -0.466 e. The Morgan fingerprint density at radius 3 is 2.29 bits per heavy atom. The molecule has 0 aliphatic heterocycles. The maximum absolute atomic E-state index is 12.7. The summed E-state index contributed by atoms with van der Waals surface area (Å²) >= 11 is 0. The molecule has 0 unspecified atom stereocenters. The third-order valence-electron chi connectivity index (χ3n) is 5.10. The van der Waals surface area contributed by atoms with Crippen LogP contribution in [0.15, 0.2) is 36.4 Å². The van der Waals surface area contributed by atoms with Crippen LogP contribution in [0.3, 0.4) is 0 Å². The van der Waals surface area contributed by atoms with Crippen molar-refractivity contribution in [2.45, 2.75) is 58.8 Å². The molecule has 0 radical (unpaired) electrons. The van der Waals surface area contributed by atoms with Gasteiger partial charge in [0.25, 0.3) is 0 Å². The van der Waals surface area contributed by atoms with Crippen molar-refractivity contribution < 1.29 is 19.1 Å². The summed E-state index contributed by atoms with van der Waals surface area (Å²) < 4.78 is 10.8. The summed E-state index contributed by atoms with van der Waals surface area (Å²) in [4.78, 5) is 24.7. The smallest absolute Gasteiger partial charge is 0.343 e. The van der Waals surface area contributed by atoms with E-state index in [2.05, 4.69) is 6.92 Å². The topological polar surface area (TPSA) is 52.6 Å². The number of benzene rings is 2. The number of rotatable bonds is 7. The third-order valence-corrected chi connectivity index (χ3v) is 5.10.